The zero-order chi connectivity index (χ0) is 11.5. The van der Waals surface area contributed by atoms with Gasteiger partial charge in [0.2, 0.25) is 0 Å². The van der Waals surface area contributed by atoms with Crippen LogP contribution in [0.1, 0.15) is 30.5 Å². The summed E-state index contributed by atoms with van der Waals surface area (Å²) in [5, 5.41) is 8.70. The fourth-order valence-electron chi connectivity index (χ4n) is 1.18. The smallest absolute Gasteiger partial charge is 0.260 e. The van der Waals surface area contributed by atoms with E-state index >= 15 is 0 Å². The Labute approximate surface area is 85.4 Å². The third-order valence-electron chi connectivity index (χ3n) is 2.03. The lowest BCUT2D eigenvalue weighted by atomic mass is 10.0. The molecule has 2 nitrogen and oxygen atoms in total. The summed E-state index contributed by atoms with van der Waals surface area (Å²) in [7, 11) is 0. The summed E-state index contributed by atoms with van der Waals surface area (Å²) in [6.07, 6.45) is -2.85. The van der Waals surface area contributed by atoms with Gasteiger partial charge in [0.05, 0.1) is 23.2 Å². The average Bonchev–Trinajstić information content (AvgIpc) is 2.19. The van der Waals surface area contributed by atoms with Gasteiger partial charge < -0.3 is 0 Å². The van der Waals surface area contributed by atoms with Crippen LogP contribution in [0, 0.1) is 11.3 Å². The first kappa shape index (κ1) is 11.5. The summed E-state index contributed by atoms with van der Waals surface area (Å²) in [4.78, 5) is 3.77. The molecule has 0 fully saturated rings. The second kappa shape index (κ2) is 4.30. The molecule has 1 atom stereocenters. The van der Waals surface area contributed by atoms with E-state index in [9.17, 15) is 13.2 Å². The minimum absolute atomic E-state index is 0.176. The van der Waals surface area contributed by atoms with Crippen molar-refractivity contribution >= 4 is 0 Å². The second-order valence-corrected chi connectivity index (χ2v) is 3.06. The van der Waals surface area contributed by atoms with Gasteiger partial charge in [0.25, 0.3) is 0 Å². The first-order chi connectivity index (χ1) is 6.99. The van der Waals surface area contributed by atoms with Gasteiger partial charge in [0.15, 0.2) is 0 Å². The van der Waals surface area contributed by atoms with Crippen LogP contribution in [-0.4, -0.2) is 4.98 Å². The number of nitriles is 1. The van der Waals surface area contributed by atoms with Gasteiger partial charge in [-0.05, 0) is 18.6 Å². The standard InChI is InChI=1S/C10H9F3N2/c1-2-7(6-14)9-5-8(3-4-15-9)10(11,12)13/h3-5,7H,2H2,1H3. The van der Waals surface area contributed by atoms with Gasteiger partial charge in [-0.3, -0.25) is 4.98 Å². The molecule has 0 aromatic carbocycles. The number of pyridine rings is 1. The molecule has 80 valence electrons. The van der Waals surface area contributed by atoms with Gasteiger partial charge in [-0.2, -0.15) is 18.4 Å². The van der Waals surface area contributed by atoms with Crippen LogP contribution < -0.4 is 0 Å². The van der Waals surface area contributed by atoms with Crippen LogP contribution in [0.5, 0.6) is 0 Å². The molecular formula is C10H9F3N2. The average molecular weight is 214 g/mol. The zero-order valence-corrected chi connectivity index (χ0v) is 8.04. The number of hydrogen-bond acceptors (Lipinski definition) is 2. The molecule has 0 amide bonds. The normalized spacial score (nSPS) is 13.3. The molecule has 0 radical (unpaired) electrons. The summed E-state index contributed by atoms with van der Waals surface area (Å²) in [6.45, 7) is 1.73. The van der Waals surface area contributed by atoms with Gasteiger partial charge in [-0.1, -0.05) is 6.92 Å². The van der Waals surface area contributed by atoms with E-state index in [0.29, 0.717) is 6.42 Å². The molecule has 1 rings (SSSR count). The van der Waals surface area contributed by atoms with Crippen molar-refractivity contribution in [3.8, 4) is 6.07 Å². The van der Waals surface area contributed by atoms with E-state index in [1.54, 1.807) is 6.92 Å². The van der Waals surface area contributed by atoms with Gasteiger partial charge in [0.1, 0.15) is 0 Å². The molecule has 0 bridgehead atoms. The summed E-state index contributed by atoms with van der Waals surface area (Å²) in [5.41, 5.74) is -0.587. The van der Waals surface area contributed by atoms with Crippen molar-refractivity contribution in [1.29, 1.82) is 5.26 Å². The molecule has 0 aliphatic carbocycles. The van der Waals surface area contributed by atoms with Gasteiger partial charge in [0, 0.05) is 6.20 Å². The highest BCUT2D eigenvalue weighted by molar-refractivity contribution is 5.24. The minimum Gasteiger partial charge on any atom is -0.260 e. The largest absolute Gasteiger partial charge is 0.416 e. The Morgan fingerprint density at radius 1 is 1.53 bits per heavy atom. The fourth-order valence-corrected chi connectivity index (χ4v) is 1.18. The summed E-state index contributed by atoms with van der Waals surface area (Å²) < 4.78 is 37.0. The molecular weight excluding hydrogens is 205 g/mol. The van der Waals surface area contributed by atoms with Crippen molar-refractivity contribution in [1.82, 2.24) is 4.98 Å². The topological polar surface area (TPSA) is 36.7 Å². The molecule has 0 spiro atoms. The van der Waals surface area contributed by atoms with Crippen molar-refractivity contribution in [3.63, 3.8) is 0 Å². The lowest BCUT2D eigenvalue weighted by Gasteiger charge is -2.09. The maximum atomic E-state index is 12.3. The maximum absolute atomic E-state index is 12.3. The zero-order valence-electron chi connectivity index (χ0n) is 8.04. The molecule has 0 saturated carbocycles. The van der Waals surface area contributed by atoms with Crippen LogP contribution in [0.3, 0.4) is 0 Å². The lowest BCUT2D eigenvalue weighted by Crippen LogP contribution is -2.07. The molecule has 1 aromatic heterocycles. The number of aromatic nitrogens is 1. The van der Waals surface area contributed by atoms with Crippen LogP contribution in [0.2, 0.25) is 0 Å². The monoisotopic (exact) mass is 214 g/mol. The Kier molecular flexibility index (Phi) is 3.30. The highest BCUT2D eigenvalue weighted by Crippen LogP contribution is 2.30. The van der Waals surface area contributed by atoms with Crippen LogP contribution in [0.15, 0.2) is 18.3 Å². The quantitative estimate of drug-likeness (QED) is 0.758. The third kappa shape index (κ3) is 2.69. The number of alkyl halides is 3. The number of hydrogen-bond donors (Lipinski definition) is 0. The SMILES string of the molecule is CCC(C#N)c1cc(C(F)(F)F)ccn1. The number of nitrogens with zero attached hydrogens (tertiary/aromatic N) is 2. The van der Waals surface area contributed by atoms with E-state index in [1.165, 1.54) is 0 Å². The first-order valence-electron chi connectivity index (χ1n) is 4.41. The summed E-state index contributed by atoms with van der Waals surface area (Å²) >= 11 is 0. The molecule has 5 heteroatoms. The highest BCUT2D eigenvalue weighted by atomic mass is 19.4. The Bertz CT molecular complexity index is 379. The second-order valence-electron chi connectivity index (χ2n) is 3.06. The molecule has 1 heterocycles. The van der Waals surface area contributed by atoms with E-state index in [4.69, 9.17) is 5.26 Å². The molecule has 0 aliphatic heterocycles. The van der Waals surface area contributed by atoms with E-state index in [-0.39, 0.29) is 5.69 Å². The van der Waals surface area contributed by atoms with Gasteiger partial charge in [-0.25, -0.2) is 0 Å². The van der Waals surface area contributed by atoms with Crippen molar-refractivity contribution in [2.45, 2.75) is 25.4 Å². The fraction of sp³-hybridized carbons (Fsp3) is 0.400. The summed E-state index contributed by atoms with van der Waals surface area (Å²) in [6, 6.07) is 3.74. The van der Waals surface area contributed by atoms with E-state index in [0.717, 1.165) is 18.3 Å². The summed E-state index contributed by atoms with van der Waals surface area (Å²) in [5.74, 6) is -0.577. The first-order valence-corrected chi connectivity index (χ1v) is 4.41. The van der Waals surface area contributed by atoms with Gasteiger partial charge >= 0.3 is 6.18 Å². The highest BCUT2D eigenvalue weighted by Gasteiger charge is 2.31. The van der Waals surface area contributed by atoms with Crippen molar-refractivity contribution in [2.24, 2.45) is 0 Å². The Morgan fingerprint density at radius 2 is 2.20 bits per heavy atom. The maximum Gasteiger partial charge on any atom is 0.416 e. The molecule has 1 unspecified atom stereocenters. The lowest BCUT2D eigenvalue weighted by molar-refractivity contribution is -0.137. The van der Waals surface area contributed by atoms with E-state index in [2.05, 4.69) is 4.98 Å². The minimum atomic E-state index is -4.38. The Balaban J connectivity index is 3.09. The third-order valence-corrected chi connectivity index (χ3v) is 2.03. The molecule has 0 aliphatic rings. The molecule has 0 N–H and O–H groups in total. The van der Waals surface area contributed by atoms with Crippen molar-refractivity contribution in [2.75, 3.05) is 0 Å². The van der Waals surface area contributed by atoms with Crippen LogP contribution in [0.25, 0.3) is 0 Å². The van der Waals surface area contributed by atoms with E-state index < -0.39 is 17.7 Å². The van der Waals surface area contributed by atoms with Crippen LogP contribution >= 0.6 is 0 Å². The predicted molar refractivity (Wildman–Crippen MR) is 47.9 cm³/mol. The Hall–Kier alpha value is -1.57. The van der Waals surface area contributed by atoms with Crippen molar-refractivity contribution < 1.29 is 13.2 Å². The number of rotatable bonds is 2. The predicted octanol–water partition coefficient (Wildman–Crippen LogP) is 3.12. The Morgan fingerprint density at radius 3 is 2.67 bits per heavy atom. The van der Waals surface area contributed by atoms with Crippen molar-refractivity contribution in [3.05, 3.63) is 29.6 Å². The van der Waals surface area contributed by atoms with E-state index in [1.807, 2.05) is 6.07 Å². The molecule has 15 heavy (non-hydrogen) atoms. The number of halogens is 3. The molecule has 0 saturated heterocycles. The van der Waals surface area contributed by atoms with Gasteiger partial charge in [-0.15, -0.1) is 0 Å². The van der Waals surface area contributed by atoms with Crippen LogP contribution in [-0.2, 0) is 6.18 Å². The van der Waals surface area contributed by atoms with Crippen LogP contribution in [0.4, 0.5) is 13.2 Å². The molecule has 1 aromatic rings.